The second kappa shape index (κ2) is 8.91. The molecule has 28 heavy (non-hydrogen) atoms. The quantitative estimate of drug-likeness (QED) is 0.669. The molecule has 1 aliphatic heterocycles. The van der Waals surface area contributed by atoms with E-state index in [1.165, 1.54) is 5.56 Å². The van der Waals surface area contributed by atoms with Crippen LogP contribution in [0, 0.1) is 0 Å². The van der Waals surface area contributed by atoms with Gasteiger partial charge in [-0.15, -0.1) is 0 Å². The third-order valence-corrected chi connectivity index (χ3v) is 5.01. The zero-order valence-electron chi connectivity index (χ0n) is 15.8. The van der Waals surface area contributed by atoms with Crippen LogP contribution in [0.1, 0.15) is 16.8 Å². The van der Waals surface area contributed by atoms with E-state index in [0.717, 1.165) is 37.3 Å². The highest BCUT2D eigenvalue weighted by atomic mass is 16.5. The number of aromatic amines is 1. The highest BCUT2D eigenvalue weighted by molar-refractivity contribution is 5.49. The fourth-order valence-electron chi connectivity index (χ4n) is 3.46. The average Bonchev–Trinajstić information content (AvgIpc) is 2.95. The second-order valence-corrected chi connectivity index (χ2v) is 6.93. The van der Waals surface area contributed by atoms with Crippen LogP contribution in [0.3, 0.4) is 0 Å². The monoisotopic (exact) mass is 376 g/mol. The van der Waals surface area contributed by atoms with Crippen LogP contribution < -0.4 is 5.56 Å². The van der Waals surface area contributed by atoms with Gasteiger partial charge in [0.1, 0.15) is 5.69 Å². The van der Waals surface area contributed by atoms with Crippen LogP contribution in [-0.2, 0) is 24.2 Å². The van der Waals surface area contributed by atoms with Gasteiger partial charge in [-0.1, -0.05) is 36.4 Å². The van der Waals surface area contributed by atoms with Crippen LogP contribution in [-0.4, -0.2) is 46.1 Å². The van der Waals surface area contributed by atoms with E-state index < -0.39 is 0 Å². The van der Waals surface area contributed by atoms with Gasteiger partial charge >= 0.3 is 0 Å². The van der Waals surface area contributed by atoms with E-state index in [1.54, 1.807) is 6.20 Å². The molecule has 0 spiro atoms. The van der Waals surface area contributed by atoms with E-state index >= 15 is 0 Å². The van der Waals surface area contributed by atoms with Crippen LogP contribution in [0.4, 0.5) is 0 Å². The van der Waals surface area contributed by atoms with Crippen molar-refractivity contribution in [1.29, 1.82) is 0 Å². The Balaban J connectivity index is 1.36. The fraction of sp³-hybridized carbons (Fsp3) is 0.318. The number of hydrogen-bond donors (Lipinski definition) is 1. The van der Waals surface area contributed by atoms with Crippen molar-refractivity contribution >= 4 is 0 Å². The summed E-state index contributed by atoms with van der Waals surface area (Å²) in [6.07, 6.45) is 3.18. The lowest BCUT2D eigenvalue weighted by atomic mass is 10.1. The number of rotatable bonds is 6. The highest BCUT2D eigenvalue weighted by Gasteiger charge is 2.19. The first-order valence-corrected chi connectivity index (χ1v) is 9.67. The molecule has 3 aromatic rings. The second-order valence-electron chi connectivity index (χ2n) is 6.93. The Kier molecular flexibility index (Phi) is 5.89. The Hall–Kier alpha value is -2.83. The predicted octanol–water partition coefficient (Wildman–Crippen LogP) is 2.45. The molecular weight excluding hydrogens is 352 g/mol. The molecule has 0 aliphatic carbocycles. The van der Waals surface area contributed by atoms with Gasteiger partial charge in [0.05, 0.1) is 18.9 Å². The van der Waals surface area contributed by atoms with Crippen molar-refractivity contribution in [2.75, 3.05) is 26.2 Å². The zero-order chi connectivity index (χ0) is 19.2. The van der Waals surface area contributed by atoms with Gasteiger partial charge in [-0.2, -0.15) is 0 Å². The minimum atomic E-state index is -0.0483. The number of nitrogens with one attached hydrogen (secondary N) is 1. The SMILES string of the molecule is O=c1[nH]c(-c2ccccn2)nc2c1CCN(CCOCc1ccccc1)CC2. The maximum absolute atomic E-state index is 12.6. The normalized spacial score (nSPS) is 14.4. The average molecular weight is 376 g/mol. The first-order chi connectivity index (χ1) is 13.8. The summed E-state index contributed by atoms with van der Waals surface area (Å²) in [6, 6.07) is 15.8. The molecule has 0 atom stereocenters. The number of fused-ring (bicyclic) bond motifs is 1. The van der Waals surface area contributed by atoms with Crippen LogP contribution in [0.25, 0.3) is 11.5 Å². The molecule has 1 N–H and O–H groups in total. The lowest BCUT2D eigenvalue weighted by molar-refractivity contribution is 0.0938. The first kappa shape index (κ1) is 18.5. The molecule has 1 aliphatic rings. The number of pyridine rings is 1. The number of H-pyrrole nitrogens is 1. The Labute approximate surface area is 164 Å². The summed E-state index contributed by atoms with van der Waals surface area (Å²) in [4.78, 5) is 26.8. The largest absolute Gasteiger partial charge is 0.375 e. The Morgan fingerprint density at radius 2 is 1.86 bits per heavy atom. The van der Waals surface area contributed by atoms with Gasteiger partial charge in [-0.25, -0.2) is 4.98 Å². The van der Waals surface area contributed by atoms with E-state index in [9.17, 15) is 4.79 Å². The Morgan fingerprint density at radius 1 is 1.04 bits per heavy atom. The highest BCUT2D eigenvalue weighted by Crippen LogP contribution is 2.15. The number of aromatic nitrogens is 3. The number of nitrogens with zero attached hydrogens (tertiary/aromatic N) is 3. The molecular formula is C22H24N4O2. The first-order valence-electron chi connectivity index (χ1n) is 9.67. The Morgan fingerprint density at radius 3 is 2.68 bits per heavy atom. The summed E-state index contributed by atoms with van der Waals surface area (Å²) in [6.45, 7) is 3.87. The van der Waals surface area contributed by atoms with Gasteiger partial charge in [0.2, 0.25) is 0 Å². The topological polar surface area (TPSA) is 71.1 Å². The van der Waals surface area contributed by atoms with E-state index in [2.05, 4.69) is 27.0 Å². The maximum atomic E-state index is 12.6. The molecule has 0 saturated carbocycles. The van der Waals surface area contributed by atoms with Crippen molar-refractivity contribution in [3.05, 3.63) is 81.9 Å². The Bertz CT molecular complexity index is 957. The molecule has 4 rings (SSSR count). The minimum Gasteiger partial charge on any atom is -0.375 e. The van der Waals surface area contributed by atoms with Crippen LogP contribution in [0.2, 0.25) is 0 Å². The number of hydrogen-bond acceptors (Lipinski definition) is 5. The van der Waals surface area contributed by atoms with E-state index in [4.69, 9.17) is 9.72 Å². The molecule has 6 nitrogen and oxygen atoms in total. The van der Waals surface area contributed by atoms with Crippen molar-refractivity contribution < 1.29 is 4.74 Å². The lowest BCUT2D eigenvalue weighted by Gasteiger charge is -2.19. The summed E-state index contributed by atoms with van der Waals surface area (Å²) < 4.78 is 5.81. The number of ether oxygens (including phenoxy) is 1. The molecule has 1 aromatic carbocycles. The van der Waals surface area contributed by atoms with Crippen LogP contribution in [0.5, 0.6) is 0 Å². The smallest absolute Gasteiger partial charge is 0.254 e. The summed E-state index contributed by atoms with van der Waals surface area (Å²) in [5, 5.41) is 0. The molecule has 2 aromatic heterocycles. The van der Waals surface area contributed by atoms with E-state index in [0.29, 0.717) is 31.2 Å². The molecule has 3 heterocycles. The van der Waals surface area contributed by atoms with Gasteiger partial charge in [0, 0.05) is 37.8 Å². The van der Waals surface area contributed by atoms with Crippen molar-refractivity contribution in [1.82, 2.24) is 19.9 Å². The molecule has 0 bridgehead atoms. The third kappa shape index (κ3) is 4.52. The molecule has 0 amide bonds. The zero-order valence-corrected chi connectivity index (χ0v) is 15.8. The van der Waals surface area contributed by atoms with Crippen LogP contribution >= 0.6 is 0 Å². The van der Waals surface area contributed by atoms with Crippen molar-refractivity contribution in [3.63, 3.8) is 0 Å². The van der Waals surface area contributed by atoms with E-state index in [1.807, 2.05) is 36.4 Å². The molecule has 0 saturated heterocycles. The molecule has 0 fully saturated rings. The molecule has 144 valence electrons. The minimum absolute atomic E-state index is 0.0483. The van der Waals surface area contributed by atoms with Crippen molar-refractivity contribution in [2.24, 2.45) is 0 Å². The summed E-state index contributed by atoms with van der Waals surface area (Å²) in [7, 11) is 0. The number of benzene rings is 1. The third-order valence-electron chi connectivity index (χ3n) is 5.01. The van der Waals surface area contributed by atoms with Crippen molar-refractivity contribution in [3.8, 4) is 11.5 Å². The molecule has 0 unspecified atom stereocenters. The van der Waals surface area contributed by atoms with Gasteiger partial charge < -0.3 is 14.6 Å². The molecule has 6 heteroatoms. The van der Waals surface area contributed by atoms with Crippen molar-refractivity contribution in [2.45, 2.75) is 19.4 Å². The summed E-state index contributed by atoms with van der Waals surface area (Å²) >= 11 is 0. The molecule has 0 radical (unpaired) electrons. The predicted molar refractivity (Wildman–Crippen MR) is 108 cm³/mol. The van der Waals surface area contributed by atoms with E-state index in [-0.39, 0.29) is 5.56 Å². The van der Waals surface area contributed by atoms with Gasteiger partial charge in [0.15, 0.2) is 5.82 Å². The summed E-state index contributed by atoms with van der Waals surface area (Å²) in [5.74, 6) is 0.545. The summed E-state index contributed by atoms with van der Waals surface area (Å²) in [5.41, 5.74) is 3.51. The standard InChI is InChI=1S/C22H24N4O2/c27-22-18-9-12-26(14-15-28-16-17-6-2-1-3-7-17)13-10-19(18)24-21(25-22)20-8-4-5-11-23-20/h1-8,11H,9-10,12-16H2,(H,24,25,27). The van der Waals surface area contributed by atoms with Gasteiger partial charge in [0.25, 0.3) is 5.56 Å². The maximum Gasteiger partial charge on any atom is 0.254 e. The van der Waals surface area contributed by atoms with Gasteiger partial charge in [-0.3, -0.25) is 9.78 Å². The van der Waals surface area contributed by atoms with Gasteiger partial charge in [-0.05, 0) is 24.1 Å². The van der Waals surface area contributed by atoms with Crippen LogP contribution in [0.15, 0.2) is 59.5 Å². The fourth-order valence-corrected chi connectivity index (χ4v) is 3.46. The lowest BCUT2D eigenvalue weighted by Crippen LogP contribution is -2.30.